The minimum atomic E-state index is -0.322. The lowest BCUT2D eigenvalue weighted by Gasteiger charge is -2.15. The molecule has 1 N–H and O–H groups in total. The summed E-state index contributed by atoms with van der Waals surface area (Å²) >= 11 is 6.61. The van der Waals surface area contributed by atoms with Gasteiger partial charge in [-0.15, -0.1) is 0 Å². The highest BCUT2D eigenvalue weighted by atomic mass is 35.5. The van der Waals surface area contributed by atoms with E-state index in [1.165, 1.54) is 6.21 Å². The summed E-state index contributed by atoms with van der Waals surface area (Å²) in [7, 11) is 0. The van der Waals surface area contributed by atoms with Crippen LogP contribution in [0.25, 0.3) is 16.5 Å². The number of para-hydroxylation sites is 1. The number of nitrogens with zero attached hydrogens (tertiary/aromatic N) is 2. The average molecular weight is 524 g/mol. The van der Waals surface area contributed by atoms with E-state index in [0.717, 1.165) is 22.0 Å². The molecular weight excluding hydrogens is 498 g/mol. The molecule has 38 heavy (non-hydrogen) atoms. The Morgan fingerprint density at radius 1 is 0.947 bits per heavy atom. The molecule has 4 aromatic carbocycles. The van der Waals surface area contributed by atoms with Crippen LogP contribution >= 0.6 is 11.6 Å². The Morgan fingerprint density at radius 3 is 2.55 bits per heavy atom. The lowest BCUT2D eigenvalue weighted by molar-refractivity contribution is 0.0955. The van der Waals surface area contributed by atoms with Gasteiger partial charge < -0.3 is 14.0 Å². The number of nitrogens with one attached hydrogen (secondary N) is 1. The van der Waals surface area contributed by atoms with Gasteiger partial charge in [0, 0.05) is 12.4 Å². The van der Waals surface area contributed by atoms with Gasteiger partial charge in [0.25, 0.3) is 5.91 Å². The van der Waals surface area contributed by atoms with Crippen LogP contribution in [-0.4, -0.2) is 23.3 Å². The normalized spacial score (nSPS) is 11.1. The monoisotopic (exact) mass is 523 g/mol. The first-order valence-electron chi connectivity index (χ1n) is 12.3. The molecule has 190 valence electrons. The van der Waals surface area contributed by atoms with Gasteiger partial charge in [0.05, 0.1) is 29.1 Å². The number of hydrogen-bond donors (Lipinski definition) is 1. The Morgan fingerprint density at radius 2 is 1.71 bits per heavy atom. The quantitative estimate of drug-likeness (QED) is 0.167. The summed E-state index contributed by atoms with van der Waals surface area (Å²) in [5.74, 6) is 0.644. The molecule has 0 saturated carbocycles. The van der Waals surface area contributed by atoms with Gasteiger partial charge in [0.2, 0.25) is 0 Å². The highest BCUT2D eigenvalue weighted by Gasteiger charge is 2.14. The fraction of sp³-hybridized carbons (Fsp3) is 0.0968. The SMILES string of the molecule is CCOc1cc(/C=N\NC(=O)c2ccccc2-n2cccc2)cc(Cl)c1OCc1cccc2ccccc12. The maximum absolute atomic E-state index is 12.8. The number of benzene rings is 4. The van der Waals surface area contributed by atoms with Crippen molar-refractivity contribution in [2.24, 2.45) is 5.10 Å². The van der Waals surface area contributed by atoms with Crippen molar-refractivity contribution in [2.75, 3.05) is 6.61 Å². The van der Waals surface area contributed by atoms with Gasteiger partial charge in [-0.3, -0.25) is 4.79 Å². The summed E-state index contributed by atoms with van der Waals surface area (Å²) in [4.78, 5) is 12.8. The summed E-state index contributed by atoms with van der Waals surface area (Å²) in [5, 5.41) is 6.82. The van der Waals surface area contributed by atoms with E-state index < -0.39 is 0 Å². The third-order valence-electron chi connectivity index (χ3n) is 5.99. The van der Waals surface area contributed by atoms with E-state index in [0.29, 0.717) is 40.9 Å². The molecule has 0 spiro atoms. The first-order valence-corrected chi connectivity index (χ1v) is 12.6. The van der Waals surface area contributed by atoms with Crippen LogP contribution in [0.2, 0.25) is 5.02 Å². The number of halogens is 1. The fourth-order valence-corrected chi connectivity index (χ4v) is 4.52. The molecule has 0 saturated heterocycles. The zero-order chi connectivity index (χ0) is 26.3. The van der Waals surface area contributed by atoms with Crippen molar-refractivity contribution in [3.8, 4) is 17.2 Å². The molecule has 0 aliphatic heterocycles. The van der Waals surface area contributed by atoms with Crippen molar-refractivity contribution in [1.82, 2.24) is 9.99 Å². The predicted molar refractivity (Wildman–Crippen MR) is 152 cm³/mol. The van der Waals surface area contributed by atoms with Crippen LogP contribution in [0.3, 0.4) is 0 Å². The summed E-state index contributed by atoms with van der Waals surface area (Å²) in [6.07, 6.45) is 5.30. The number of carbonyl (C=O) groups is 1. The number of rotatable bonds is 9. The highest BCUT2D eigenvalue weighted by molar-refractivity contribution is 6.32. The number of aromatic nitrogens is 1. The molecule has 1 aromatic heterocycles. The van der Waals surface area contributed by atoms with Gasteiger partial charge in [-0.1, -0.05) is 66.2 Å². The van der Waals surface area contributed by atoms with Crippen molar-refractivity contribution in [3.63, 3.8) is 0 Å². The molecule has 0 aliphatic carbocycles. The van der Waals surface area contributed by atoms with Crippen LogP contribution in [0.4, 0.5) is 0 Å². The molecule has 6 nitrogen and oxygen atoms in total. The van der Waals surface area contributed by atoms with E-state index >= 15 is 0 Å². The van der Waals surface area contributed by atoms with Crippen LogP contribution < -0.4 is 14.9 Å². The second-order valence-corrected chi connectivity index (χ2v) is 8.90. The Hall–Kier alpha value is -4.55. The van der Waals surface area contributed by atoms with Crippen molar-refractivity contribution >= 4 is 34.5 Å². The lowest BCUT2D eigenvalue weighted by Crippen LogP contribution is -2.19. The Kier molecular flexibility index (Phi) is 7.71. The van der Waals surface area contributed by atoms with Gasteiger partial charge in [0.15, 0.2) is 11.5 Å². The zero-order valence-corrected chi connectivity index (χ0v) is 21.6. The number of hydrogen-bond acceptors (Lipinski definition) is 4. The number of ether oxygens (including phenoxy) is 2. The van der Waals surface area contributed by atoms with E-state index in [2.05, 4.69) is 28.7 Å². The van der Waals surface area contributed by atoms with Crippen LogP contribution in [0.1, 0.15) is 28.4 Å². The molecule has 1 heterocycles. The van der Waals surface area contributed by atoms with Crippen molar-refractivity contribution in [1.29, 1.82) is 0 Å². The van der Waals surface area contributed by atoms with E-state index in [1.54, 1.807) is 18.2 Å². The summed E-state index contributed by atoms with van der Waals surface area (Å²) < 4.78 is 13.9. The molecule has 7 heteroatoms. The molecule has 0 bridgehead atoms. The molecule has 5 rings (SSSR count). The second kappa shape index (κ2) is 11.7. The van der Waals surface area contributed by atoms with E-state index in [9.17, 15) is 4.79 Å². The van der Waals surface area contributed by atoms with Crippen LogP contribution in [-0.2, 0) is 6.61 Å². The third kappa shape index (κ3) is 5.56. The molecule has 5 aromatic rings. The largest absolute Gasteiger partial charge is 0.490 e. The minimum Gasteiger partial charge on any atom is -0.490 e. The lowest BCUT2D eigenvalue weighted by atomic mass is 10.1. The van der Waals surface area contributed by atoms with Gasteiger partial charge in [-0.05, 0) is 65.2 Å². The summed E-state index contributed by atoms with van der Waals surface area (Å²) in [6.45, 7) is 2.67. The highest BCUT2D eigenvalue weighted by Crippen LogP contribution is 2.37. The van der Waals surface area contributed by atoms with E-state index in [1.807, 2.05) is 78.5 Å². The van der Waals surface area contributed by atoms with Crippen LogP contribution in [0.5, 0.6) is 11.5 Å². The minimum absolute atomic E-state index is 0.322. The first kappa shape index (κ1) is 25.1. The molecule has 1 amide bonds. The topological polar surface area (TPSA) is 64.8 Å². The zero-order valence-electron chi connectivity index (χ0n) is 20.8. The van der Waals surface area contributed by atoms with E-state index in [-0.39, 0.29) is 5.91 Å². The smallest absolute Gasteiger partial charge is 0.273 e. The van der Waals surface area contributed by atoms with Gasteiger partial charge >= 0.3 is 0 Å². The Bertz CT molecular complexity index is 1590. The van der Waals surface area contributed by atoms with Crippen LogP contribution in [0, 0.1) is 0 Å². The molecule has 0 atom stereocenters. The van der Waals surface area contributed by atoms with Crippen molar-refractivity contribution < 1.29 is 14.3 Å². The Balaban J connectivity index is 1.32. The maximum atomic E-state index is 12.8. The first-order chi connectivity index (χ1) is 18.6. The summed E-state index contributed by atoms with van der Waals surface area (Å²) in [5.41, 5.74) is 5.58. The van der Waals surface area contributed by atoms with Gasteiger partial charge in [-0.25, -0.2) is 5.43 Å². The molecule has 0 unspecified atom stereocenters. The fourth-order valence-electron chi connectivity index (χ4n) is 4.25. The molecule has 0 fully saturated rings. The summed E-state index contributed by atoms with van der Waals surface area (Å²) in [6, 6.07) is 29.0. The van der Waals surface area contributed by atoms with Gasteiger partial charge in [0.1, 0.15) is 6.61 Å². The number of fused-ring (bicyclic) bond motifs is 1. The molecule has 0 aliphatic rings. The van der Waals surface area contributed by atoms with Crippen molar-refractivity contribution in [2.45, 2.75) is 13.5 Å². The average Bonchev–Trinajstić information content (AvgIpc) is 3.48. The number of hydrazone groups is 1. The predicted octanol–water partition coefficient (Wildman–Crippen LogP) is 7.03. The van der Waals surface area contributed by atoms with E-state index in [4.69, 9.17) is 21.1 Å². The van der Waals surface area contributed by atoms with Crippen LogP contribution in [0.15, 0.2) is 108 Å². The van der Waals surface area contributed by atoms with Gasteiger partial charge in [-0.2, -0.15) is 5.10 Å². The maximum Gasteiger partial charge on any atom is 0.273 e. The second-order valence-electron chi connectivity index (χ2n) is 8.50. The Labute approximate surface area is 226 Å². The number of amides is 1. The molecule has 0 radical (unpaired) electrons. The number of carbonyl (C=O) groups excluding carboxylic acids is 1. The molecular formula is C31H26ClN3O3. The standard InChI is InChI=1S/C31H26ClN3O3/c1-2-37-29-19-22(20-33-34-31(36)26-14-5-6-15-28(26)35-16-7-8-17-35)18-27(32)30(29)38-21-24-12-9-11-23-10-3-4-13-25(23)24/h3-20H,2,21H2,1H3,(H,34,36)/b33-20-. The van der Waals surface area contributed by atoms with Crippen molar-refractivity contribution in [3.05, 3.63) is 125 Å². The third-order valence-corrected chi connectivity index (χ3v) is 6.28.